The zero-order valence-electron chi connectivity index (χ0n) is 17.1. The predicted octanol–water partition coefficient (Wildman–Crippen LogP) is 3.59. The summed E-state index contributed by atoms with van der Waals surface area (Å²) in [4.78, 5) is 24.3. The Morgan fingerprint density at radius 1 is 1.21 bits per heavy atom. The molecule has 1 amide bonds. The lowest BCUT2D eigenvalue weighted by Crippen LogP contribution is -2.21. The van der Waals surface area contributed by atoms with Crippen LogP contribution in [0, 0.1) is 0 Å². The summed E-state index contributed by atoms with van der Waals surface area (Å²) in [5, 5.41) is 13.2. The van der Waals surface area contributed by atoms with Crippen molar-refractivity contribution in [3.63, 3.8) is 0 Å². The van der Waals surface area contributed by atoms with Gasteiger partial charge in [-0.25, -0.2) is 5.10 Å². The van der Waals surface area contributed by atoms with Gasteiger partial charge in [0.15, 0.2) is 0 Å². The topological polar surface area (TPSA) is 86.9 Å². The third-order valence-corrected chi connectivity index (χ3v) is 5.15. The Morgan fingerprint density at radius 2 is 2.00 bits per heavy atom. The number of H-pyrrole nitrogens is 1. The SMILES string of the molecule is C=C(C)CNCCCCC(=O)Nc1cccc(-c2n[nH]c(=O)c3c2CCCC3)c1. The molecule has 0 radical (unpaired) electrons. The van der Waals surface area contributed by atoms with Gasteiger partial charge >= 0.3 is 0 Å². The van der Waals surface area contributed by atoms with Gasteiger partial charge in [0.25, 0.3) is 5.56 Å². The van der Waals surface area contributed by atoms with Gasteiger partial charge < -0.3 is 10.6 Å². The number of carbonyl (C=O) groups is 1. The number of aromatic nitrogens is 2. The number of aromatic amines is 1. The van der Waals surface area contributed by atoms with Crippen LogP contribution in [0.2, 0.25) is 0 Å². The van der Waals surface area contributed by atoms with Crippen molar-refractivity contribution < 1.29 is 4.79 Å². The maximum absolute atomic E-state index is 12.3. The Bertz CT molecular complexity index is 933. The number of benzene rings is 1. The van der Waals surface area contributed by atoms with Gasteiger partial charge in [-0.3, -0.25) is 9.59 Å². The van der Waals surface area contributed by atoms with Crippen molar-refractivity contribution in [3.8, 4) is 11.3 Å². The molecule has 0 saturated heterocycles. The van der Waals surface area contributed by atoms with Crippen LogP contribution < -0.4 is 16.2 Å². The molecule has 0 atom stereocenters. The van der Waals surface area contributed by atoms with Gasteiger partial charge in [0.2, 0.25) is 5.91 Å². The van der Waals surface area contributed by atoms with Crippen LogP contribution in [0.5, 0.6) is 0 Å². The minimum Gasteiger partial charge on any atom is -0.326 e. The van der Waals surface area contributed by atoms with E-state index in [1.54, 1.807) is 0 Å². The smallest absolute Gasteiger partial charge is 0.267 e. The van der Waals surface area contributed by atoms with Gasteiger partial charge in [-0.15, -0.1) is 0 Å². The first-order valence-corrected chi connectivity index (χ1v) is 10.4. The number of amides is 1. The fourth-order valence-electron chi connectivity index (χ4n) is 3.70. The molecule has 6 heteroatoms. The molecule has 0 aliphatic heterocycles. The monoisotopic (exact) mass is 394 g/mol. The number of nitrogens with zero attached hydrogens (tertiary/aromatic N) is 1. The first kappa shape index (κ1) is 21.0. The molecular weight excluding hydrogens is 364 g/mol. The second-order valence-corrected chi connectivity index (χ2v) is 7.79. The lowest BCUT2D eigenvalue weighted by molar-refractivity contribution is -0.116. The lowest BCUT2D eigenvalue weighted by atomic mass is 9.90. The van der Waals surface area contributed by atoms with E-state index in [0.717, 1.165) is 85.3 Å². The number of hydrogen-bond donors (Lipinski definition) is 3. The highest BCUT2D eigenvalue weighted by atomic mass is 16.1. The first-order chi connectivity index (χ1) is 14.0. The highest BCUT2D eigenvalue weighted by Gasteiger charge is 2.19. The number of nitrogens with one attached hydrogen (secondary N) is 3. The van der Waals surface area contributed by atoms with Crippen molar-refractivity contribution in [2.45, 2.75) is 51.9 Å². The molecule has 0 fully saturated rings. The summed E-state index contributed by atoms with van der Waals surface area (Å²) in [5.41, 5.74) is 5.43. The third-order valence-electron chi connectivity index (χ3n) is 5.15. The summed E-state index contributed by atoms with van der Waals surface area (Å²) in [6, 6.07) is 7.70. The molecule has 1 aliphatic carbocycles. The van der Waals surface area contributed by atoms with Gasteiger partial charge in [-0.1, -0.05) is 24.3 Å². The Balaban J connectivity index is 1.60. The van der Waals surface area contributed by atoms with Crippen molar-refractivity contribution >= 4 is 11.6 Å². The molecule has 3 N–H and O–H groups in total. The van der Waals surface area contributed by atoms with Crippen molar-refractivity contribution in [1.82, 2.24) is 15.5 Å². The Labute approximate surface area is 171 Å². The van der Waals surface area contributed by atoms with Crippen LogP contribution in [-0.4, -0.2) is 29.2 Å². The zero-order chi connectivity index (χ0) is 20.6. The van der Waals surface area contributed by atoms with E-state index in [4.69, 9.17) is 0 Å². The third kappa shape index (κ3) is 5.87. The Hall–Kier alpha value is -2.73. The first-order valence-electron chi connectivity index (χ1n) is 10.4. The summed E-state index contributed by atoms with van der Waals surface area (Å²) in [6.07, 6.45) is 6.07. The van der Waals surface area contributed by atoms with Crippen molar-refractivity contribution in [1.29, 1.82) is 0 Å². The predicted molar refractivity (Wildman–Crippen MR) is 117 cm³/mol. The van der Waals surface area contributed by atoms with E-state index < -0.39 is 0 Å². The fourth-order valence-corrected chi connectivity index (χ4v) is 3.70. The number of carbonyl (C=O) groups excluding carboxylic acids is 1. The Morgan fingerprint density at radius 3 is 2.79 bits per heavy atom. The largest absolute Gasteiger partial charge is 0.326 e. The second-order valence-electron chi connectivity index (χ2n) is 7.79. The maximum Gasteiger partial charge on any atom is 0.267 e. The van der Waals surface area contributed by atoms with E-state index >= 15 is 0 Å². The highest BCUT2D eigenvalue weighted by Crippen LogP contribution is 2.29. The fraction of sp³-hybridized carbons (Fsp3) is 0.435. The average molecular weight is 395 g/mol. The summed E-state index contributed by atoms with van der Waals surface area (Å²) >= 11 is 0. The van der Waals surface area contributed by atoms with Crippen molar-refractivity contribution in [2.75, 3.05) is 18.4 Å². The van der Waals surface area contributed by atoms with Crippen LogP contribution in [0.4, 0.5) is 5.69 Å². The summed E-state index contributed by atoms with van der Waals surface area (Å²) in [5.74, 6) is 0.0125. The lowest BCUT2D eigenvalue weighted by Gasteiger charge is -2.17. The molecule has 0 spiro atoms. The molecule has 154 valence electrons. The number of anilines is 1. The zero-order valence-corrected chi connectivity index (χ0v) is 17.1. The van der Waals surface area contributed by atoms with E-state index in [-0.39, 0.29) is 11.5 Å². The van der Waals surface area contributed by atoms with Gasteiger partial charge in [0.1, 0.15) is 0 Å². The van der Waals surface area contributed by atoms with Gasteiger partial charge in [-0.05, 0) is 69.7 Å². The molecule has 6 nitrogen and oxygen atoms in total. The maximum atomic E-state index is 12.3. The average Bonchev–Trinajstić information content (AvgIpc) is 2.71. The minimum atomic E-state index is -0.0781. The second kappa shape index (κ2) is 10.2. The van der Waals surface area contributed by atoms with Crippen LogP contribution in [0.1, 0.15) is 50.2 Å². The summed E-state index contributed by atoms with van der Waals surface area (Å²) in [6.45, 7) is 7.56. The number of rotatable bonds is 9. The molecule has 1 aromatic heterocycles. The van der Waals surface area contributed by atoms with E-state index in [1.807, 2.05) is 31.2 Å². The summed E-state index contributed by atoms with van der Waals surface area (Å²) in [7, 11) is 0. The Kier molecular flexibility index (Phi) is 7.36. The van der Waals surface area contributed by atoms with E-state index in [1.165, 1.54) is 0 Å². The number of hydrogen-bond acceptors (Lipinski definition) is 4. The van der Waals surface area contributed by atoms with Crippen LogP contribution >= 0.6 is 0 Å². The molecule has 1 heterocycles. The van der Waals surface area contributed by atoms with Crippen LogP contribution in [-0.2, 0) is 17.6 Å². The molecule has 1 aliphatic rings. The van der Waals surface area contributed by atoms with Crippen LogP contribution in [0.25, 0.3) is 11.3 Å². The van der Waals surface area contributed by atoms with Crippen LogP contribution in [0.3, 0.4) is 0 Å². The van der Waals surface area contributed by atoms with Gasteiger partial charge in [-0.2, -0.15) is 5.10 Å². The molecule has 0 unspecified atom stereocenters. The quantitative estimate of drug-likeness (QED) is 0.448. The number of unbranched alkanes of at least 4 members (excludes halogenated alkanes) is 1. The highest BCUT2D eigenvalue weighted by molar-refractivity contribution is 5.91. The molecule has 3 rings (SSSR count). The van der Waals surface area contributed by atoms with E-state index in [2.05, 4.69) is 27.4 Å². The molecule has 2 aromatic rings. The van der Waals surface area contributed by atoms with Crippen molar-refractivity contribution in [3.05, 3.63) is 57.9 Å². The van der Waals surface area contributed by atoms with Crippen LogP contribution in [0.15, 0.2) is 41.2 Å². The summed E-state index contributed by atoms with van der Waals surface area (Å²) < 4.78 is 0. The van der Waals surface area contributed by atoms with E-state index in [9.17, 15) is 9.59 Å². The normalized spacial score (nSPS) is 13.0. The molecule has 0 saturated carbocycles. The number of fused-ring (bicyclic) bond motifs is 1. The minimum absolute atomic E-state index is 0.0125. The standard InChI is InChI=1S/C23H30N4O2/c1-16(2)15-24-13-6-5-12-21(28)25-18-9-7-8-17(14-18)22-19-10-3-4-11-20(19)23(29)27-26-22/h7-9,14,24H,1,3-6,10-13,15H2,2H3,(H,25,28)(H,27,29). The molecule has 1 aromatic carbocycles. The van der Waals surface area contributed by atoms with Crippen molar-refractivity contribution in [2.24, 2.45) is 0 Å². The molecular formula is C23H30N4O2. The molecule has 0 bridgehead atoms. The molecule has 29 heavy (non-hydrogen) atoms. The van der Waals surface area contributed by atoms with E-state index in [0.29, 0.717) is 6.42 Å². The van der Waals surface area contributed by atoms with Gasteiger partial charge in [0, 0.05) is 29.8 Å². The van der Waals surface area contributed by atoms with Gasteiger partial charge in [0.05, 0.1) is 5.69 Å².